The number of ether oxygens (including phenoxy) is 3. The summed E-state index contributed by atoms with van der Waals surface area (Å²) >= 11 is 1.63. The fraction of sp³-hybridized carbons (Fsp3) is 0.600. The zero-order chi connectivity index (χ0) is 24.1. The van der Waals surface area contributed by atoms with Crippen molar-refractivity contribution in [2.45, 2.75) is 89.9 Å². The Labute approximate surface area is 200 Å². The summed E-state index contributed by atoms with van der Waals surface area (Å²) in [5, 5.41) is 7.15. The van der Waals surface area contributed by atoms with E-state index in [0.29, 0.717) is 25.8 Å². The Morgan fingerprint density at radius 2 is 1.94 bits per heavy atom. The summed E-state index contributed by atoms with van der Waals surface area (Å²) < 4.78 is 19.5. The van der Waals surface area contributed by atoms with E-state index < -0.39 is 11.4 Å². The van der Waals surface area contributed by atoms with Gasteiger partial charge in [0.2, 0.25) is 5.91 Å². The first-order valence-electron chi connectivity index (χ1n) is 11.5. The predicted octanol–water partition coefficient (Wildman–Crippen LogP) is 4.68. The zero-order valence-electron chi connectivity index (χ0n) is 20.2. The van der Waals surface area contributed by atoms with Gasteiger partial charge in [-0.1, -0.05) is 0 Å². The monoisotopic (exact) mass is 476 g/mol. The third kappa shape index (κ3) is 8.28. The summed E-state index contributed by atoms with van der Waals surface area (Å²) in [4.78, 5) is 25.0. The third-order valence-electron chi connectivity index (χ3n) is 5.32. The smallest absolute Gasteiger partial charge is 0.308 e. The van der Waals surface area contributed by atoms with E-state index in [2.05, 4.69) is 21.3 Å². The van der Waals surface area contributed by atoms with E-state index in [9.17, 15) is 9.59 Å². The number of nitrogens with zero attached hydrogens (tertiary/aromatic N) is 1. The molecular weight excluding hydrogens is 440 g/mol. The van der Waals surface area contributed by atoms with Crippen molar-refractivity contribution < 1.29 is 23.8 Å². The van der Waals surface area contributed by atoms with Crippen LogP contribution in [0.15, 0.2) is 41.4 Å². The quantitative estimate of drug-likeness (QED) is 0.532. The van der Waals surface area contributed by atoms with Gasteiger partial charge in [-0.15, -0.1) is 0 Å². The van der Waals surface area contributed by atoms with Gasteiger partial charge in [0, 0.05) is 25.4 Å². The molecule has 0 saturated carbocycles. The number of carbonyl (C=O) groups excluding carboxylic acids is 2. The molecule has 1 amide bonds. The Hall–Kier alpha value is -2.16. The highest BCUT2D eigenvalue weighted by atomic mass is 32.1. The molecule has 7 nitrogen and oxygen atoms in total. The van der Waals surface area contributed by atoms with Crippen molar-refractivity contribution in [1.82, 2.24) is 9.88 Å². The predicted molar refractivity (Wildman–Crippen MR) is 128 cm³/mol. The molecule has 33 heavy (non-hydrogen) atoms. The average Bonchev–Trinajstić information content (AvgIpc) is 3.37. The first kappa shape index (κ1) is 25.5. The van der Waals surface area contributed by atoms with Gasteiger partial charge in [-0.3, -0.25) is 9.59 Å². The summed E-state index contributed by atoms with van der Waals surface area (Å²) in [5.74, 6) is -1.07. The van der Waals surface area contributed by atoms with Crippen LogP contribution in [0.1, 0.15) is 71.9 Å². The number of carbonyl (C=O) groups is 2. The minimum Gasteiger partial charge on any atom is -0.460 e. The molecule has 0 unspecified atom stereocenters. The van der Waals surface area contributed by atoms with Crippen LogP contribution in [0, 0.1) is 0 Å². The van der Waals surface area contributed by atoms with E-state index >= 15 is 0 Å². The number of hydrogen-bond donors (Lipinski definition) is 1. The molecule has 0 bridgehead atoms. The van der Waals surface area contributed by atoms with Crippen LogP contribution in [0.4, 0.5) is 0 Å². The Morgan fingerprint density at radius 1 is 1.24 bits per heavy atom. The van der Waals surface area contributed by atoms with Crippen LogP contribution in [0.5, 0.6) is 0 Å². The standard InChI is InChI=1S/C25H36N2O5S/c1-24(2,3)32-23(29)15-20-14-19(30-25(4,5)31-20)8-10-26-22(28)16-21(18-9-13-33-17-18)27-11-6-7-12-27/h6-7,9,11-13,17,19-21H,8,10,14-16H2,1-5H3,(H,26,28)/t19-,20-,21+/m1/s1. The highest BCUT2D eigenvalue weighted by Gasteiger charge is 2.37. The molecule has 1 aliphatic heterocycles. The van der Waals surface area contributed by atoms with E-state index in [0.717, 1.165) is 5.56 Å². The van der Waals surface area contributed by atoms with Crippen LogP contribution in [0.25, 0.3) is 0 Å². The summed E-state index contributed by atoms with van der Waals surface area (Å²) in [6.07, 6.45) is 5.37. The molecule has 3 rings (SSSR count). The largest absolute Gasteiger partial charge is 0.460 e. The van der Waals surface area contributed by atoms with Crippen molar-refractivity contribution in [2.75, 3.05) is 6.54 Å². The number of nitrogens with one attached hydrogen (secondary N) is 1. The lowest BCUT2D eigenvalue weighted by Crippen LogP contribution is -2.46. The van der Waals surface area contributed by atoms with Gasteiger partial charge in [-0.05, 0) is 75.6 Å². The number of rotatable bonds is 9. The molecule has 182 valence electrons. The summed E-state index contributed by atoms with van der Waals surface area (Å²) in [6, 6.07) is 5.97. The van der Waals surface area contributed by atoms with Crippen LogP contribution in [0.3, 0.4) is 0 Å². The van der Waals surface area contributed by atoms with Crippen LogP contribution in [-0.2, 0) is 23.8 Å². The van der Waals surface area contributed by atoms with E-state index in [4.69, 9.17) is 14.2 Å². The highest BCUT2D eigenvalue weighted by molar-refractivity contribution is 7.08. The fourth-order valence-corrected chi connectivity index (χ4v) is 4.83. The maximum atomic E-state index is 12.7. The van der Waals surface area contributed by atoms with E-state index in [1.165, 1.54) is 0 Å². The van der Waals surface area contributed by atoms with Gasteiger partial charge < -0.3 is 24.1 Å². The highest BCUT2D eigenvalue weighted by Crippen LogP contribution is 2.30. The number of aromatic nitrogens is 1. The van der Waals surface area contributed by atoms with E-state index in [1.807, 2.05) is 64.5 Å². The van der Waals surface area contributed by atoms with Crippen molar-refractivity contribution >= 4 is 23.2 Å². The molecule has 8 heteroatoms. The number of esters is 1. The Balaban J connectivity index is 1.49. The Kier molecular flexibility index (Phi) is 8.37. The molecule has 0 aromatic carbocycles. The molecule has 1 N–H and O–H groups in total. The molecular formula is C25H36N2O5S. The number of amides is 1. The number of thiophene rings is 1. The van der Waals surface area contributed by atoms with E-state index in [1.54, 1.807) is 11.3 Å². The fourth-order valence-electron chi connectivity index (χ4n) is 4.13. The maximum absolute atomic E-state index is 12.7. The minimum atomic E-state index is -0.794. The molecule has 1 saturated heterocycles. The summed E-state index contributed by atoms with van der Waals surface area (Å²) in [5.41, 5.74) is 0.606. The van der Waals surface area contributed by atoms with Crippen molar-refractivity contribution in [3.63, 3.8) is 0 Å². The first-order valence-corrected chi connectivity index (χ1v) is 12.4. The van der Waals surface area contributed by atoms with Crippen molar-refractivity contribution in [1.29, 1.82) is 0 Å². The van der Waals surface area contributed by atoms with Crippen LogP contribution < -0.4 is 5.32 Å². The van der Waals surface area contributed by atoms with Gasteiger partial charge in [0.05, 0.1) is 31.1 Å². The Bertz CT molecular complexity index is 852. The van der Waals surface area contributed by atoms with Gasteiger partial charge in [0.25, 0.3) is 0 Å². The van der Waals surface area contributed by atoms with Gasteiger partial charge in [0.15, 0.2) is 5.79 Å². The second kappa shape index (κ2) is 10.8. The lowest BCUT2D eigenvalue weighted by Gasteiger charge is -2.40. The van der Waals surface area contributed by atoms with Crippen molar-refractivity contribution in [3.05, 3.63) is 46.9 Å². The summed E-state index contributed by atoms with van der Waals surface area (Å²) in [6.45, 7) is 9.75. The van der Waals surface area contributed by atoms with E-state index in [-0.39, 0.29) is 36.5 Å². The van der Waals surface area contributed by atoms with Crippen LogP contribution in [0.2, 0.25) is 0 Å². The molecule has 3 heterocycles. The van der Waals surface area contributed by atoms with Crippen molar-refractivity contribution in [2.24, 2.45) is 0 Å². The lowest BCUT2D eigenvalue weighted by molar-refractivity contribution is -0.300. The van der Waals surface area contributed by atoms with Crippen molar-refractivity contribution in [3.8, 4) is 0 Å². The lowest BCUT2D eigenvalue weighted by atomic mass is 10.0. The molecule has 2 aromatic heterocycles. The van der Waals surface area contributed by atoms with Gasteiger partial charge in [-0.25, -0.2) is 0 Å². The van der Waals surface area contributed by atoms with Crippen LogP contribution >= 0.6 is 11.3 Å². The zero-order valence-corrected chi connectivity index (χ0v) is 21.0. The molecule has 0 radical (unpaired) electrons. The molecule has 3 atom stereocenters. The van der Waals surface area contributed by atoms with Crippen LogP contribution in [-0.4, -0.2) is 46.6 Å². The topological polar surface area (TPSA) is 78.8 Å². The molecule has 1 aliphatic rings. The minimum absolute atomic E-state index is 0.00322. The summed E-state index contributed by atoms with van der Waals surface area (Å²) in [7, 11) is 0. The molecule has 2 aromatic rings. The molecule has 1 fully saturated rings. The normalized spacial score (nSPS) is 21.4. The average molecular weight is 477 g/mol. The number of hydrogen-bond acceptors (Lipinski definition) is 6. The molecule has 0 aliphatic carbocycles. The maximum Gasteiger partial charge on any atom is 0.308 e. The second-order valence-corrected chi connectivity index (χ2v) is 10.7. The SMILES string of the molecule is CC(C)(C)OC(=O)C[C@H]1C[C@@H](CCNC(=O)C[C@@H](c2ccsc2)n2cccc2)OC(C)(C)O1. The Morgan fingerprint density at radius 3 is 2.58 bits per heavy atom. The van der Waals surface area contributed by atoms with Gasteiger partial charge >= 0.3 is 5.97 Å². The van der Waals surface area contributed by atoms with Gasteiger partial charge in [-0.2, -0.15) is 11.3 Å². The second-order valence-electron chi connectivity index (χ2n) is 9.95. The molecule has 0 spiro atoms. The third-order valence-corrected chi connectivity index (χ3v) is 6.03. The first-order chi connectivity index (χ1) is 15.5. The van der Waals surface area contributed by atoms with Gasteiger partial charge in [0.1, 0.15) is 5.60 Å².